The van der Waals surface area contributed by atoms with Crippen LogP contribution in [0.3, 0.4) is 0 Å². The molecule has 8 nitrogen and oxygen atoms in total. The number of amides is 2. The average molecular weight is 352 g/mol. The first kappa shape index (κ1) is 16.4. The smallest absolute Gasteiger partial charge is 0.245 e. The second-order valence-electron chi connectivity index (χ2n) is 6.59. The summed E-state index contributed by atoms with van der Waals surface area (Å²) in [5, 5.41) is 2.65. The topological polar surface area (TPSA) is 91.3 Å². The molecule has 2 fully saturated rings. The van der Waals surface area contributed by atoms with E-state index in [1.54, 1.807) is 11.1 Å². The van der Waals surface area contributed by atoms with E-state index in [1.165, 1.54) is 0 Å². The summed E-state index contributed by atoms with van der Waals surface area (Å²) in [5.74, 6) is 0.405. The zero-order valence-corrected chi connectivity index (χ0v) is 14.8. The lowest BCUT2D eigenvalue weighted by Crippen LogP contribution is -2.66. The van der Waals surface area contributed by atoms with E-state index in [0.717, 1.165) is 22.6 Å². The first-order valence-corrected chi connectivity index (χ1v) is 8.63. The molecule has 2 saturated heterocycles. The number of nitrogens with zero attached hydrogens (tertiary/aromatic N) is 5. The third-order valence-corrected chi connectivity index (χ3v) is 4.84. The zero-order chi connectivity index (χ0) is 18.3. The third kappa shape index (κ3) is 2.87. The van der Waals surface area contributed by atoms with E-state index < -0.39 is 6.04 Å². The van der Waals surface area contributed by atoms with Crippen molar-refractivity contribution in [3.8, 4) is 11.3 Å². The van der Waals surface area contributed by atoms with E-state index in [0.29, 0.717) is 25.6 Å². The molecule has 1 atom stereocenters. The molecule has 0 radical (unpaired) electrons. The molecule has 0 saturated carbocycles. The molecule has 2 amide bonds. The number of piperazine rings is 2. The molecule has 2 aromatic heterocycles. The van der Waals surface area contributed by atoms with Crippen LogP contribution in [-0.2, 0) is 9.59 Å². The van der Waals surface area contributed by atoms with Crippen molar-refractivity contribution in [1.29, 1.82) is 0 Å². The van der Waals surface area contributed by atoms with E-state index in [9.17, 15) is 9.59 Å². The number of nitrogens with one attached hydrogen (secondary N) is 1. The van der Waals surface area contributed by atoms with Gasteiger partial charge in [-0.3, -0.25) is 14.6 Å². The minimum Gasteiger partial charge on any atom is -0.345 e. The summed E-state index contributed by atoms with van der Waals surface area (Å²) < 4.78 is 0. The van der Waals surface area contributed by atoms with Gasteiger partial charge in [-0.15, -0.1) is 0 Å². The monoisotopic (exact) mass is 352 g/mol. The maximum atomic E-state index is 12.1. The number of hydrogen-bond donors (Lipinski definition) is 1. The Morgan fingerprint density at radius 2 is 1.96 bits per heavy atom. The van der Waals surface area contributed by atoms with E-state index in [4.69, 9.17) is 0 Å². The molecule has 8 heteroatoms. The molecule has 0 spiro atoms. The van der Waals surface area contributed by atoms with Crippen LogP contribution in [0.25, 0.3) is 11.3 Å². The van der Waals surface area contributed by atoms with E-state index >= 15 is 0 Å². The number of fused-ring (bicyclic) bond motifs is 1. The number of carbonyl (C=O) groups excluding carboxylic acids is 2. The van der Waals surface area contributed by atoms with Crippen LogP contribution in [0.4, 0.5) is 5.95 Å². The number of hydrogen-bond acceptors (Lipinski definition) is 6. The van der Waals surface area contributed by atoms with E-state index in [-0.39, 0.29) is 18.4 Å². The van der Waals surface area contributed by atoms with Gasteiger partial charge in [-0.2, -0.15) is 0 Å². The third-order valence-electron chi connectivity index (χ3n) is 4.84. The molecule has 2 aliphatic heterocycles. The number of aromatic nitrogens is 3. The Morgan fingerprint density at radius 3 is 2.77 bits per heavy atom. The number of pyridine rings is 1. The Balaban J connectivity index is 1.61. The summed E-state index contributed by atoms with van der Waals surface area (Å²) >= 11 is 0. The Hall–Kier alpha value is -3.03. The lowest BCUT2D eigenvalue weighted by atomic mass is 10.1. The molecule has 1 N–H and O–H groups in total. The van der Waals surface area contributed by atoms with Crippen molar-refractivity contribution in [3.05, 3.63) is 35.8 Å². The Morgan fingerprint density at radius 1 is 1.12 bits per heavy atom. The van der Waals surface area contributed by atoms with Crippen LogP contribution in [0.15, 0.2) is 24.4 Å². The predicted molar refractivity (Wildman–Crippen MR) is 95.5 cm³/mol. The van der Waals surface area contributed by atoms with Crippen LogP contribution in [0, 0.1) is 13.8 Å². The largest absolute Gasteiger partial charge is 0.345 e. The van der Waals surface area contributed by atoms with Crippen LogP contribution in [-0.4, -0.2) is 63.9 Å². The summed E-state index contributed by atoms with van der Waals surface area (Å²) in [5.41, 5.74) is 3.64. The predicted octanol–water partition coefficient (Wildman–Crippen LogP) is 0.302. The molecule has 0 aliphatic carbocycles. The van der Waals surface area contributed by atoms with Crippen molar-refractivity contribution in [1.82, 2.24) is 25.2 Å². The van der Waals surface area contributed by atoms with Crippen LogP contribution in [0.2, 0.25) is 0 Å². The molecular formula is C18H20N6O2. The molecule has 134 valence electrons. The van der Waals surface area contributed by atoms with Gasteiger partial charge in [0.15, 0.2) is 0 Å². The Bertz CT molecular complexity index is 884. The molecule has 0 bridgehead atoms. The van der Waals surface area contributed by atoms with Crippen molar-refractivity contribution in [2.75, 3.05) is 31.1 Å². The van der Waals surface area contributed by atoms with Crippen molar-refractivity contribution in [2.45, 2.75) is 19.9 Å². The molecule has 1 unspecified atom stereocenters. The zero-order valence-electron chi connectivity index (χ0n) is 14.8. The number of anilines is 1. The summed E-state index contributed by atoms with van der Waals surface area (Å²) in [6.45, 7) is 5.49. The van der Waals surface area contributed by atoms with Crippen LogP contribution in [0.5, 0.6) is 0 Å². The van der Waals surface area contributed by atoms with Crippen LogP contribution < -0.4 is 10.2 Å². The van der Waals surface area contributed by atoms with Gasteiger partial charge in [-0.1, -0.05) is 0 Å². The normalized spacial score (nSPS) is 20.0. The first-order chi connectivity index (χ1) is 12.5. The quantitative estimate of drug-likeness (QED) is 0.836. The van der Waals surface area contributed by atoms with Gasteiger partial charge >= 0.3 is 0 Å². The van der Waals surface area contributed by atoms with Gasteiger partial charge < -0.3 is 15.1 Å². The molecule has 26 heavy (non-hydrogen) atoms. The van der Waals surface area contributed by atoms with Gasteiger partial charge in [0.05, 0.1) is 18.8 Å². The minimum atomic E-state index is -0.486. The van der Waals surface area contributed by atoms with E-state index in [1.807, 2.05) is 36.9 Å². The first-order valence-electron chi connectivity index (χ1n) is 8.63. The van der Waals surface area contributed by atoms with Gasteiger partial charge in [-0.25, -0.2) is 9.97 Å². The summed E-state index contributed by atoms with van der Waals surface area (Å²) in [6.07, 6.45) is 1.72. The molecule has 0 aromatic carbocycles. The Kier molecular flexibility index (Phi) is 4.02. The fourth-order valence-corrected chi connectivity index (χ4v) is 3.48. The van der Waals surface area contributed by atoms with Crippen LogP contribution in [0.1, 0.15) is 11.4 Å². The fraction of sp³-hybridized carbons (Fsp3) is 0.389. The highest BCUT2D eigenvalue weighted by atomic mass is 16.2. The molecule has 4 rings (SSSR count). The van der Waals surface area contributed by atoms with Gasteiger partial charge in [0.1, 0.15) is 6.04 Å². The van der Waals surface area contributed by atoms with Gasteiger partial charge in [0, 0.05) is 36.2 Å². The van der Waals surface area contributed by atoms with Crippen molar-refractivity contribution < 1.29 is 9.59 Å². The van der Waals surface area contributed by atoms with E-state index in [2.05, 4.69) is 20.3 Å². The number of carbonyl (C=O) groups is 2. The molecule has 2 aliphatic rings. The summed E-state index contributed by atoms with van der Waals surface area (Å²) in [7, 11) is 0. The van der Waals surface area contributed by atoms with Gasteiger partial charge in [0.2, 0.25) is 17.8 Å². The van der Waals surface area contributed by atoms with Gasteiger partial charge in [-0.05, 0) is 32.0 Å². The van der Waals surface area contributed by atoms with Crippen molar-refractivity contribution >= 4 is 17.8 Å². The SMILES string of the molecule is Cc1ccc(-c2ccnc(N3CCN4C(=O)CNC(=O)C4C3)n2)c(C)n1. The highest BCUT2D eigenvalue weighted by molar-refractivity contribution is 5.95. The highest BCUT2D eigenvalue weighted by Gasteiger charge is 2.39. The maximum Gasteiger partial charge on any atom is 0.245 e. The second-order valence-corrected chi connectivity index (χ2v) is 6.59. The van der Waals surface area contributed by atoms with Crippen molar-refractivity contribution in [2.24, 2.45) is 0 Å². The molecule has 4 heterocycles. The lowest BCUT2D eigenvalue weighted by Gasteiger charge is -2.42. The second kappa shape index (κ2) is 6.36. The summed E-state index contributed by atoms with van der Waals surface area (Å²) in [4.78, 5) is 41.3. The fourth-order valence-electron chi connectivity index (χ4n) is 3.48. The molecular weight excluding hydrogens is 332 g/mol. The van der Waals surface area contributed by atoms with Gasteiger partial charge in [0.25, 0.3) is 0 Å². The Labute approximate surface area is 151 Å². The minimum absolute atomic E-state index is 0.0368. The van der Waals surface area contributed by atoms with Crippen molar-refractivity contribution in [3.63, 3.8) is 0 Å². The highest BCUT2D eigenvalue weighted by Crippen LogP contribution is 2.23. The molecule has 2 aromatic rings. The standard InChI is InChI=1S/C18H20N6O2/c1-11-3-4-13(12(2)21-11)14-5-6-19-18(22-14)23-7-8-24-15(10-23)17(26)20-9-16(24)25/h3-6,15H,7-10H2,1-2H3,(H,20,26). The number of rotatable bonds is 2. The lowest BCUT2D eigenvalue weighted by molar-refractivity contribution is -0.146. The maximum absolute atomic E-state index is 12.1. The average Bonchev–Trinajstić information content (AvgIpc) is 2.65. The van der Waals surface area contributed by atoms with Crippen LogP contribution >= 0.6 is 0 Å². The summed E-state index contributed by atoms with van der Waals surface area (Å²) in [6, 6.07) is 5.34. The number of aryl methyl sites for hydroxylation is 2.